The van der Waals surface area contributed by atoms with E-state index in [2.05, 4.69) is 12.2 Å². The molecule has 0 amide bonds. The van der Waals surface area contributed by atoms with Crippen molar-refractivity contribution in [2.75, 3.05) is 13.2 Å². The number of alkyl halides is 2. The van der Waals surface area contributed by atoms with Crippen LogP contribution in [0.2, 0.25) is 0 Å². The van der Waals surface area contributed by atoms with Gasteiger partial charge in [0.1, 0.15) is 0 Å². The molecule has 2 aliphatic rings. The Hall–Kier alpha value is -0.640. The third-order valence-corrected chi connectivity index (χ3v) is 4.21. The van der Waals surface area contributed by atoms with Crippen LogP contribution in [0, 0.1) is 5.92 Å². The van der Waals surface area contributed by atoms with Crippen LogP contribution in [0.4, 0.5) is 8.78 Å². The van der Waals surface area contributed by atoms with E-state index in [1.165, 1.54) is 5.57 Å². The first-order chi connectivity index (χ1) is 9.12. The summed E-state index contributed by atoms with van der Waals surface area (Å²) in [6.45, 7) is 3.85. The number of rotatable bonds is 5. The lowest BCUT2D eigenvalue weighted by Crippen LogP contribution is -2.42. The molecular weight excluding hydrogens is 248 g/mol. The largest absolute Gasteiger partial charge is 0.501 e. The van der Waals surface area contributed by atoms with Crippen LogP contribution in [0.25, 0.3) is 0 Å². The maximum atomic E-state index is 13.3. The Morgan fingerprint density at radius 3 is 2.74 bits per heavy atom. The van der Waals surface area contributed by atoms with E-state index in [1.807, 2.05) is 6.26 Å². The van der Waals surface area contributed by atoms with Crippen LogP contribution < -0.4 is 5.32 Å². The van der Waals surface area contributed by atoms with E-state index in [4.69, 9.17) is 4.74 Å². The van der Waals surface area contributed by atoms with Crippen molar-refractivity contribution in [1.29, 1.82) is 0 Å². The third-order valence-electron chi connectivity index (χ3n) is 4.21. The molecule has 0 saturated heterocycles. The highest BCUT2D eigenvalue weighted by Crippen LogP contribution is 2.39. The van der Waals surface area contributed by atoms with Gasteiger partial charge in [-0.3, -0.25) is 0 Å². The van der Waals surface area contributed by atoms with Gasteiger partial charge in [0.15, 0.2) is 0 Å². The van der Waals surface area contributed by atoms with Gasteiger partial charge in [0, 0.05) is 18.9 Å². The molecule has 1 fully saturated rings. The molecule has 0 spiro atoms. The fourth-order valence-corrected chi connectivity index (χ4v) is 3.11. The molecule has 1 unspecified atom stereocenters. The fraction of sp³-hybridized carbons (Fsp3) is 0.867. The molecule has 2 rings (SSSR count). The average molecular weight is 273 g/mol. The molecule has 1 atom stereocenters. The minimum Gasteiger partial charge on any atom is -0.501 e. The highest BCUT2D eigenvalue weighted by Gasteiger charge is 2.38. The minimum absolute atomic E-state index is 0.0378. The van der Waals surface area contributed by atoms with Gasteiger partial charge in [-0.1, -0.05) is 6.92 Å². The topological polar surface area (TPSA) is 21.3 Å². The zero-order valence-corrected chi connectivity index (χ0v) is 11.8. The third kappa shape index (κ3) is 4.16. The Bertz CT molecular complexity index is 307. The maximum Gasteiger partial charge on any atom is 0.248 e. The molecule has 4 heteroatoms. The average Bonchev–Trinajstić information content (AvgIpc) is 2.42. The van der Waals surface area contributed by atoms with Gasteiger partial charge >= 0.3 is 0 Å². The lowest BCUT2D eigenvalue weighted by Gasteiger charge is -2.36. The summed E-state index contributed by atoms with van der Waals surface area (Å²) in [7, 11) is 0. The number of hydrogen-bond acceptors (Lipinski definition) is 2. The van der Waals surface area contributed by atoms with Crippen molar-refractivity contribution in [3.63, 3.8) is 0 Å². The van der Waals surface area contributed by atoms with Crippen molar-refractivity contribution in [3.05, 3.63) is 11.8 Å². The quantitative estimate of drug-likeness (QED) is 0.821. The van der Waals surface area contributed by atoms with Crippen LogP contribution in [-0.4, -0.2) is 25.1 Å². The smallest absolute Gasteiger partial charge is 0.248 e. The van der Waals surface area contributed by atoms with Crippen molar-refractivity contribution in [2.24, 2.45) is 5.92 Å². The molecular formula is C15H25F2NO. The first kappa shape index (κ1) is 14.8. The molecule has 1 saturated carbocycles. The molecule has 0 aromatic rings. The molecule has 0 bridgehead atoms. The predicted octanol–water partition coefficient (Wildman–Crippen LogP) is 3.87. The van der Waals surface area contributed by atoms with Crippen molar-refractivity contribution < 1.29 is 13.5 Å². The van der Waals surface area contributed by atoms with Crippen LogP contribution in [0.15, 0.2) is 11.8 Å². The van der Waals surface area contributed by atoms with Crippen molar-refractivity contribution in [2.45, 2.75) is 63.8 Å². The van der Waals surface area contributed by atoms with Crippen LogP contribution >= 0.6 is 0 Å². The summed E-state index contributed by atoms with van der Waals surface area (Å²) in [5.74, 6) is -2.11. The summed E-state index contributed by atoms with van der Waals surface area (Å²) in [6.07, 6.45) is 6.31. The van der Waals surface area contributed by atoms with E-state index in [0.717, 1.165) is 32.4 Å². The molecule has 2 nitrogen and oxygen atoms in total. The van der Waals surface area contributed by atoms with Crippen molar-refractivity contribution in [1.82, 2.24) is 5.32 Å². The second kappa shape index (κ2) is 6.69. The SMILES string of the molecule is CCCNC(C1=COCCC1)C1CCC(F)(F)CC1. The van der Waals surface area contributed by atoms with Crippen LogP contribution in [0.5, 0.6) is 0 Å². The Morgan fingerprint density at radius 2 is 2.16 bits per heavy atom. The Morgan fingerprint density at radius 1 is 1.42 bits per heavy atom. The molecule has 110 valence electrons. The van der Waals surface area contributed by atoms with Gasteiger partial charge in [-0.15, -0.1) is 0 Å². The van der Waals surface area contributed by atoms with E-state index in [-0.39, 0.29) is 18.9 Å². The van der Waals surface area contributed by atoms with Crippen LogP contribution in [-0.2, 0) is 4.74 Å². The second-order valence-corrected chi connectivity index (χ2v) is 5.79. The monoisotopic (exact) mass is 273 g/mol. The summed E-state index contributed by atoms with van der Waals surface area (Å²) in [5.41, 5.74) is 1.27. The van der Waals surface area contributed by atoms with Crippen LogP contribution in [0.1, 0.15) is 51.9 Å². The summed E-state index contributed by atoms with van der Waals surface area (Å²) < 4.78 is 32.0. The van der Waals surface area contributed by atoms with Crippen LogP contribution in [0.3, 0.4) is 0 Å². The Balaban J connectivity index is 1.99. The minimum atomic E-state index is -2.44. The number of nitrogens with one attached hydrogen (secondary N) is 1. The first-order valence-electron chi connectivity index (χ1n) is 7.54. The zero-order valence-electron chi connectivity index (χ0n) is 11.8. The van der Waals surface area contributed by atoms with Gasteiger partial charge in [-0.25, -0.2) is 8.78 Å². The molecule has 0 aromatic heterocycles. The summed E-state index contributed by atoms with van der Waals surface area (Å²) in [6, 6.07) is 0.233. The molecule has 0 aromatic carbocycles. The van der Waals surface area contributed by atoms with E-state index < -0.39 is 5.92 Å². The summed E-state index contributed by atoms with van der Waals surface area (Å²) in [4.78, 5) is 0. The molecule has 19 heavy (non-hydrogen) atoms. The fourth-order valence-electron chi connectivity index (χ4n) is 3.11. The van der Waals surface area contributed by atoms with Crippen molar-refractivity contribution >= 4 is 0 Å². The normalized spacial score (nSPS) is 25.5. The zero-order chi connectivity index (χ0) is 13.7. The van der Waals surface area contributed by atoms with Gasteiger partial charge in [-0.05, 0) is 50.1 Å². The van der Waals surface area contributed by atoms with Crippen molar-refractivity contribution in [3.8, 4) is 0 Å². The van der Waals surface area contributed by atoms with Gasteiger partial charge in [0.05, 0.1) is 12.9 Å². The van der Waals surface area contributed by atoms with Gasteiger partial charge in [-0.2, -0.15) is 0 Å². The van der Waals surface area contributed by atoms with E-state index >= 15 is 0 Å². The molecule has 1 aliphatic carbocycles. The van der Waals surface area contributed by atoms with E-state index in [9.17, 15) is 8.78 Å². The number of hydrogen-bond donors (Lipinski definition) is 1. The van der Waals surface area contributed by atoms with Gasteiger partial charge in [0.2, 0.25) is 5.92 Å². The van der Waals surface area contributed by atoms with E-state index in [1.54, 1.807) is 0 Å². The standard InChI is InChI=1S/C15H25F2NO/c1-2-9-18-14(13-4-3-10-19-11-13)12-5-7-15(16,17)8-6-12/h11-12,14,18H,2-10H2,1H3. The lowest BCUT2D eigenvalue weighted by atomic mass is 9.78. The van der Waals surface area contributed by atoms with Gasteiger partial charge < -0.3 is 10.1 Å². The highest BCUT2D eigenvalue weighted by molar-refractivity contribution is 5.12. The first-order valence-corrected chi connectivity index (χ1v) is 7.54. The molecule has 1 heterocycles. The number of ether oxygens (including phenoxy) is 1. The lowest BCUT2D eigenvalue weighted by molar-refractivity contribution is -0.0485. The molecule has 1 aliphatic heterocycles. The Kier molecular flexibility index (Phi) is 5.20. The van der Waals surface area contributed by atoms with Gasteiger partial charge in [0.25, 0.3) is 0 Å². The predicted molar refractivity (Wildman–Crippen MR) is 72.3 cm³/mol. The summed E-state index contributed by atoms with van der Waals surface area (Å²) >= 11 is 0. The van der Waals surface area contributed by atoms with E-state index in [0.29, 0.717) is 18.8 Å². The number of halogens is 2. The second-order valence-electron chi connectivity index (χ2n) is 5.79. The molecule has 1 N–H and O–H groups in total. The highest BCUT2D eigenvalue weighted by atomic mass is 19.3. The maximum absolute atomic E-state index is 13.3. The summed E-state index contributed by atoms with van der Waals surface area (Å²) in [5, 5.41) is 3.54. The Labute approximate surface area is 114 Å². The molecule has 0 radical (unpaired) electrons.